The molecule has 0 aromatic heterocycles. The highest BCUT2D eigenvalue weighted by molar-refractivity contribution is 5.96. The molecule has 0 unspecified atom stereocenters. The van der Waals surface area contributed by atoms with Gasteiger partial charge in [0.2, 0.25) is 5.91 Å². The maximum absolute atomic E-state index is 12.0. The third-order valence-corrected chi connectivity index (χ3v) is 3.30. The first-order chi connectivity index (χ1) is 10.5. The Morgan fingerprint density at radius 1 is 1.32 bits per heavy atom. The monoisotopic (exact) mass is 306 g/mol. The smallest absolute Gasteiger partial charge is 0.329 e. The van der Waals surface area contributed by atoms with Crippen molar-refractivity contribution < 1.29 is 23.9 Å². The number of carbonyl (C=O) groups is 3. The Bertz CT molecular complexity index is 570. The standard InChI is InChI=1S/C15H18N2O5/c1-9(22-15(20)12-7-8-13(18)17-12)14(19)16-10-3-5-11(21-2)6-4-10/h3-6,9,12H,7-8H2,1-2H3,(H,16,19)(H,17,18)/t9-,12-/m0/s1. The van der Waals surface area contributed by atoms with Crippen molar-refractivity contribution in [2.24, 2.45) is 0 Å². The van der Waals surface area contributed by atoms with Crippen molar-refractivity contribution in [2.45, 2.75) is 31.9 Å². The summed E-state index contributed by atoms with van der Waals surface area (Å²) in [5.41, 5.74) is 0.572. The molecule has 1 aromatic carbocycles. The second kappa shape index (κ2) is 6.93. The van der Waals surface area contributed by atoms with E-state index in [1.54, 1.807) is 31.4 Å². The van der Waals surface area contributed by atoms with Crippen LogP contribution in [0.2, 0.25) is 0 Å². The Balaban J connectivity index is 1.85. The minimum Gasteiger partial charge on any atom is -0.497 e. The van der Waals surface area contributed by atoms with Gasteiger partial charge in [-0.1, -0.05) is 0 Å². The van der Waals surface area contributed by atoms with E-state index in [9.17, 15) is 14.4 Å². The average molecular weight is 306 g/mol. The Labute approximate surface area is 128 Å². The molecule has 1 aliphatic rings. The number of carbonyl (C=O) groups excluding carboxylic acids is 3. The molecule has 1 heterocycles. The van der Waals surface area contributed by atoms with Crippen molar-refractivity contribution in [3.63, 3.8) is 0 Å². The van der Waals surface area contributed by atoms with E-state index >= 15 is 0 Å². The maximum Gasteiger partial charge on any atom is 0.329 e. The van der Waals surface area contributed by atoms with Gasteiger partial charge in [0.25, 0.3) is 5.91 Å². The Hall–Kier alpha value is -2.57. The van der Waals surface area contributed by atoms with Crippen LogP contribution in [0.1, 0.15) is 19.8 Å². The molecule has 2 atom stereocenters. The van der Waals surface area contributed by atoms with Gasteiger partial charge in [-0.25, -0.2) is 4.79 Å². The summed E-state index contributed by atoms with van der Waals surface area (Å²) in [4.78, 5) is 34.8. The highest BCUT2D eigenvalue weighted by Gasteiger charge is 2.30. The highest BCUT2D eigenvalue weighted by atomic mass is 16.5. The van der Waals surface area contributed by atoms with Crippen molar-refractivity contribution in [2.75, 3.05) is 12.4 Å². The lowest BCUT2D eigenvalue weighted by Gasteiger charge is -2.16. The third kappa shape index (κ3) is 3.97. The van der Waals surface area contributed by atoms with E-state index in [1.165, 1.54) is 6.92 Å². The van der Waals surface area contributed by atoms with Gasteiger partial charge in [-0.3, -0.25) is 9.59 Å². The minimum absolute atomic E-state index is 0.183. The fraction of sp³-hybridized carbons (Fsp3) is 0.400. The summed E-state index contributed by atoms with van der Waals surface area (Å²) in [5, 5.41) is 5.14. The van der Waals surface area contributed by atoms with Gasteiger partial charge >= 0.3 is 5.97 Å². The molecular weight excluding hydrogens is 288 g/mol. The van der Waals surface area contributed by atoms with Crippen LogP contribution in [-0.4, -0.2) is 37.0 Å². The molecule has 1 aromatic rings. The molecule has 2 amide bonds. The van der Waals surface area contributed by atoms with E-state index < -0.39 is 24.0 Å². The molecule has 1 aliphatic heterocycles. The van der Waals surface area contributed by atoms with Gasteiger partial charge in [0, 0.05) is 12.1 Å². The number of ether oxygens (including phenoxy) is 2. The zero-order valence-corrected chi connectivity index (χ0v) is 12.4. The van der Waals surface area contributed by atoms with Gasteiger partial charge in [-0.15, -0.1) is 0 Å². The molecule has 0 bridgehead atoms. The second-order valence-electron chi connectivity index (χ2n) is 4.96. The Morgan fingerprint density at radius 3 is 2.55 bits per heavy atom. The summed E-state index contributed by atoms with van der Waals surface area (Å²) < 4.78 is 10.1. The Morgan fingerprint density at radius 2 is 2.00 bits per heavy atom. The number of nitrogens with one attached hydrogen (secondary N) is 2. The lowest BCUT2D eigenvalue weighted by Crippen LogP contribution is -2.39. The predicted molar refractivity (Wildman–Crippen MR) is 78.3 cm³/mol. The zero-order valence-electron chi connectivity index (χ0n) is 12.4. The number of methoxy groups -OCH3 is 1. The van der Waals surface area contributed by atoms with Gasteiger partial charge in [0.1, 0.15) is 11.8 Å². The molecule has 2 rings (SSSR count). The van der Waals surface area contributed by atoms with Crippen LogP contribution < -0.4 is 15.4 Å². The van der Waals surface area contributed by atoms with Crippen molar-refractivity contribution in [3.8, 4) is 5.75 Å². The van der Waals surface area contributed by atoms with E-state index in [0.29, 0.717) is 24.3 Å². The lowest BCUT2D eigenvalue weighted by molar-refractivity contribution is -0.155. The zero-order chi connectivity index (χ0) is 16.1. The van der Waals surface area contributed by atoms with Crippen LogP contribution in [0.3, 0.4) is 0 Å². The Kier molecular flexibility index (Phi) is 4.98. The normalized spacial score (nSPS) is 18.3. The SMILES string of the molecule is COc1ccc(NC(=O)[C@H](C)OC(=O)[C@@H]2CCC(=O)N2)cc1. The van der Waals surface area contributed by atoms with Crippen LogP contribution in [0.5, 0.6) is 5.75 Å². The van der Waals surface area contributed by atoms with Crippen LogP contribution in [0, 0.1) is 0 Å². The van der Waals surface area contributed by atoms with Crippen molar-refractivity contribution in [1.29, 1.82) is 0 Å². The maximum atomic E-state index is 12.0. The summed E-state index contributed by atoms with van der Waals surface area (Å²) in [5.74, 6) is -0.544. The van der Waals surface area contributed by atoms with Gasteiger partial charge in [-0.2, -0.15) is 0 Å². The summed E-state index contributed by atoms with van der Waals surface area (Å²) >= 11 is 0. The summed E-state index contributed by atoms with van der Waals surface area (Å²) in [6.07, 6.45) is -0.261. The van der Waals surface area contributed by atoms with Gasteiger partial charge in [-0.05, 0) is 37.6 Å². The van der Waals surface area contributed by atoms with E-state index in [1.807, 2.05) is 0 Å². The van der Waals surface area contributed by atoms with Crippen LogP contribution >= 0.6 is 0 Å². The van der Waals surface area contributed by atoms with E-state index in [4.69, 9.17) is 9.47 Å². The second-order valence-corrected chi connectivity index (χ2v) is 4.96. The molecule has 0 aliphatic carbocycles. The molecular formula is C15H18N2O5. The number of hydrogen-bond donors (Lipinski definition) is 2. The van der Waals surface area contributed by atoms with Crippen LogP contribution in [0.25, 0.3) is 0 Å². The molecule has 7 heteroatoms. The number of benzene rings is 1. The molecule has 1 fully saturated rings. The molecule has 7 nitrogen and oxygen atoms in total. The largest absolute Gasteiger partial charge is 0.497 e. The minimum atomic E-state index is -0.952. The van der Waals surface area contributed by atoms with Crippen molar-refractivity contribution in [3.05, 3.63) is 24.3 Å². The molecule has 118 valence electrons. The molecule has 1 saturated heterocycles. The topological polar surface area (TPSA) is 93.7 Å². The number of amides is 2. The summed E-state index contributed by atoms with van der Waals surface area (Å²) in [6.45, 7) is 1.48. The average Bonchev–Trinajstić information content (AvgIpc) is 2.94. The predicted octanol–water partition coefficient (Wildman–Crippen LogP) is 0.844. The highest BCUT2D eigenvalue weighted by Crippen LogP contribution is 2.16. The van der Waals surface area contributed by atoms with E-state index in [0.717, 1.165) is 0 Å². The molecule has 0 saturated carbocycles. The van der Waals surface area contributed by atoms with Gasteiger partial charge < -0.3 is 20.1 Å². The number of hydrogen-bond acceptors (Lipinski definition) is 5. The number of esters is 1. The molecule has 0 radical (unpaired) electrons. The van der Waals surface area contributed by atoms with Crippen LogP contribution in [-0.2, 0) is 19.1 Å². The van der Waals surface area contributed by atoms with Gasteiger partial charge in [0.15, 0.2) is 6.10 Å². The van der Waals surface area contributed by atoms with Crippen LogP contribution in [0.15, 0.2) is 24.3 Å². The first-order valence-electron chi connectivity index (χ1n) is 6.94. The summed E-state index contributed by atoms with van der Waals surface area (Å²) in [7, 11) is 1.55. The fourth-order valence-corrected chi connectivity index (χ4v) is 2.02. The molecule has 2 N–H and O–H groups in total. The fourth-order valence-electron chi connectivity index (χ4n) is 2.02. The van der Waals surface area contributed by atoms with Crippen molar-refractivity contribution in [1.82, 2.24) is 5.32 Å². The summed E-state index contributed by atoms with van der Waals surface area (Å²) in [6, 6.07) is 6.12. The van der Waals surface area contributed by atoms with Gasteiger partial charge in [0.05, 0.1) is 7.11 Å². The van der Waals surface area contributed by atoms with Crippen molar-refractivity contribution >= 4 is 23.5 Å². The van der Waals surface area contributed by atoms with Crippen LogP contribution in [0.4, 0.5) is 5.69 Å². The number of rotatable bonds is 5. The lowest BCUT2D eigenvalue weighted by atomic mass is 10.2. The third-order valence-electron chi connectivity index (χ3n) is 3.30. The van der Waals surface area contributed by atoms with E-state index in [2.05, 4.69) is 10.6 Å². The molecule has 22 heavy (non-hydrogen) atoms. The van der Waals surface area contributed by atoms with E-state index in [-0.39, 0.29) is 5.91 Å². The quantitative estimate of drug-likeness (QED) is 0.786. The first-order valence-corrected chi connectivity index (χ1v) is 6.94. The number of anilines is 1. The molecule has 0 spiro atoms. The first kappa shape index (κ1) is 15.8.